The van der Waals surface area contributed by atoms with Gasteiger partial charge in [0.15, 0.2) is 0 Å². The lowest BCUT2D eigenvalue weighted by Gasteiger charge is -2.20. The van der Waals surface area contributed by atoms with Gasteiger partial charge in [0.05, 0.1) is 17.5 Å². The van der Waals surface area contributed by atoms with Crippen molar-refractivity contribution < 1.29 is 23.4 Å². The summed E-state index contributed by atoms with van der Waals surface area (Å²) in [6.45, 7) is 0. The first-order chi connectivity index (χ1) is 7.77. The summed E-state index contributed by atoms with van der Waals surface area (Å²) in [5.41, 5.74) is -1.53. The van der Waals surface area contributed by atoms with E-state index < -0.39 is 29.5 Å². The molecule has 17 heavy (non-hydrogen) atoms. The number of aliphatic hydroxyl groups is 2. The fourth-order valence-corrected chi connectivity index (χ4v) is 1.66. The molecular weight excluding hydrogens is 280 g/mol. The van der Waals surface area contributed by atoms with E-state index in [4.69, 9.17) is 23.2 Å². The molecule has 0 aliphatic heterocycles. The molecule has 2 unspecified atom stereocenters. The summed E-state index contributed by atoms with van der Waals surface area (Å²) in [7, 11) is 0. The normalized spacial score (nSPS) is 15.7. The highest BCUT2D eigenvalue weighted by atomic mass is 35.5. The molecule has 1 rings (SSSR count). The lowest BCUT2D eigenvalue weighted by atomic mass is 9.99. The van der Waals surface area contributed by atoms with Crippen molar-refractivity contribution in [1.82, 2.24) is 0 Å². The smallest absolute Gasteiger partial charge is 0.389 e. The Bertz CT molecular complexity index is 396. The van der Waals surface area contributed by atoms with Crippen LogP contribution in [0, 0.1) is 0 Å². The first-order valence-corrected chi connectivity index (χ1v) is 5.47. The van der Waals surface area contributed by atoms with Gasteiger partial charge in [-0.25, -0.2) is 0 Å². The van der Waals surface area contributed by atoms with Gasteiger partial charge in [0.25, 0.3) is 0 Å². The largest absolute Gasteiger partial charge is 0.416 e. The Hall–Kier alpha value is -0.490. The van der Waals surface area contributed by atoms with Crippen LogP contribution in [0.2, 0.25) is 5.02 Å². The van der Waals surface area contributed by atoms with Gasteiger partial charge in [-0.3, -0.25) is 0 Å². The molecule has 1 aromatic carbocycles. The Morgan fingerprint density at radius 1 is 1.24 bits per heavy atom. The van der Waals surface area contributed by atoms with E-state index in [-0.39, 0.29) is 10.9 Å². The van der Waals surface area contributed by atoms with Crippen LogP contribution in [0.3, 0.4) is 0 Å². The molecule has 1 aromatic rings. The summed E-state index contributed by atoms with van der Waals surface area (Å²) in [6.07, 6.45) is -7.84. The number of alkyl halides is 4. The van der Waals surface area contributed by atoms with E-state index in [9.17, 15) is 23.4 Å². The number of hydrogen-bond donors (Lipinski definition) is 2. The zero-order valence-electron chi connectivity index (χ0n) is 8.38. The molecular formula is C10H9Cl2F3O2. The standard InChI is InChI=1S/C10H9Cl2F3O2/c11-4-8(16)9(17)6-2-1-5(12)3-7(6)10(13,14)15/h1-3,8-9,16-17H,4H2. The summed E-state index contributed by atoms with van der Waals surface area (Å²) in [5, 5.41) is 18.7. The van der Waals surface area contributed by atoms with E-state index in [1.54, 1.807) is 0 Å². The predicted molar refractivity (Wildman–Crippen MR) is 58.1 cm³/mol. The van der Waals surface area contributed by atoms with E-state index in [1.165, 1.54) is 6.07 Å². The van der Waals surface area contributed by atoms with Gasteiger partial charge in [-0.1, -0.05) is 17.7 Å². The molecule has 2 atom stereocenters. The molecule has 0 radical (unpaired) electrons. The Morgan fingerprint density at radius 3 is 2.29 bits per heavy atom. The zero-order chi connectivity index (χ0) is 13.2. The third-order valence-electron chi connectivity index (χ3n) is 2.16. The molecule has 0 aromatic heterocycles. The number of hydrogen-bond acceptors (Lipinski definition) is 2. The van der Waals surface area contributed by atoms with Crippen LogP contribution in [0.5, 0.6) is 0 Å². The van der Waals surface area contributed by atoms with Crippen molar-refractivity contribution in [2.24, 2.45) is 0 Å². The second-order valence-corrected chi connectivity index (χ2v) is 4.14. The van der Waals surface area contributed by atoms with Gasteiger partial charge in [0.1, 0.15) is 6.10 Å². The molecule has 96 valence electrons. The third-order valence-corrected chi connectivity index (χ3v) is 2.71. The van der Waals surface area contributed by atoms with Crippen LogP contribution in [-0.2, 0) is 6.18 Å². The maximum Gasteiger partial charge on any atom is 0.416 e. The first-order valence-electron chi connectivity index (χ1n) is 4.56. The highest BCUT2D eigenvalue weighted by molar-refractivity contribution is 6.30. The van der Waals surface area contributed by atoms with Gasteiger partial charge in [0, 0.05) is 5.02 Å². The van der Waals surface area contributed by atoms with E-state index in [0.29, 0.717) is 6.07 Å². The van der Waals surface area contributed by atoms with E-state index in [0.717, 1.165) is 6.07 Å². The Balaban J connectivity index is 3.24. The molecule has 0 aliphatic carbocycles. The summed E-state index contributed by atoms with van der Waals surface area (Å²) < 4.78 is 38.0. The van der Waals surface area contributed by atoms with Crippen LogP contribution in [-0.4, -0.2) is 22.2 Å². The average molecular weight is 289 g/mol. The Labute approximate surface area is 106 Å². The SMILES string of the molecule is OC(CCl)C(O)c1ccc(Cl)cc1C(F)(F)F. The molecule has 0 heterocycles. The van der Waals surface area contributed by atoms with Crippen molar-refractivity contribution in [3.8, 4) is 0 Å². The topological polar surface area (TPSA) is 40.5 Å². The fraction of sp³-hybridized carbons (Fsp3) is 0.400. The molecule has 0 amide bonds. The highest BCUT2D eigenvalue weighted by Crippen LogP contribution is 2.37. The maximum absolute atomic E-state index is 12.7. The summed E-state index contributed by atoms with van der Waals surface area (Å²) >= 11 is 10.7. The van der Waals surface area contributed by atoms with Crippen LogP contribution in [0.1, 0.15) is 17.2 Å². The fourth-order valence-electron chi connectivity index (χ4n) is 1.32. The lowest BCUT2D eigenvalue weighted by molar-refractivity contribution is -0.139. The average Bonchev–Trinajstić information content (AvgIpc) is 2.25. The number of aliphatic hydroxyl groups excluding tert-OH is 2. The Morgan fingerprint density at radius 2 is 1.82 bits per heavy atom. The Kier molecular flexibility index (Phi) is 4.66. The van der Waals surface area contributed by atoms with Crippen LogP contribution in [0.4, 0.5) is 13.2 Å². The number of rotatable bonds is 3. The molecule has 2 N–H and O–H groups in total. The lowest BCUT2D eigenvalue weighted by Crippen LogP contribution is -2.23. The van der Waals surface area contributed by atoms with Gasteiger partial charge >= 0.3 is 6.18 Å². The van der Waals surface area contributed by atoms with Gasteiger partial charge in [-0.15, -0.1) is 11.6 Å². The zero-order valence-corrected chi connectivity index (χ0v) is 9.89. The molecule has 0 fully saturated rings. The number of benzene rings is 1. The van der Waals surface area contributed by atoms with Crippen molar-refractivity contribution >= 4 is 23.2 Å². The second-order valence-electron chi connectivity index (χ2n) is 3.40. The van der Waals surface area contributed by atoms with E-state index in [2.05, 4.69) is 0 Å². The second kappa shape index (κ2) is 5.44. The minimum absolute atomic E-state index is 0.103. The van der Waals surface area contributed by atoms with E-state index in [1.807, 2.05) is 0 Å². The van der Waals surface area contributed by atoms with Crippen molar-refractivity contribution in [2.45, 2.75) is 18.4 Å². The first kappa shape index (κ1) is 14.6. The van der Waals surface area contributed by atoms with E-state index >= 15 is 0 Å². The van der Waals surface area contributed by atoms with Gasteiger partial charge < -0.3 is 10.2 Å². The summed E-state index contributed by atoms with van der Waals surface area (Å²) in [6, 6.07) is 2.92. The van der Waals surface area contributed by atoms with Gasteiger partial charge in [-0.05, 0) is 17.7 Å². The minimum Gasteiger partial charge on any atom is -0.389 e. The molecule has 0 saturated carbocycles. The molecule has 0 saturated heterocycles. The predicted octanol–water partition coefficient (Wildman–Crippen LogP) is 2.99. The van der Waals surface area contributed by atoms with Crippen LogP contribution >= 0.6 is 23.2 Å². The van der Waals surface area contributed by atoms with Crippen LogP contribution < -0.4 is 0 Å². The number of halogens is 5. The molecule has 2 nitrogen and oxygen atoms in total. The molecule has 0 spiro atoms. The molecule has 0 bridgehead atoms. The summed E-state index contributed by atoms with van der Waals surface area (Å²) in [4.78, 5) is 0. The van der Waals surface area contributed by atoms with Gasteiger partial charge in [-0.2, -0.15) is 13.2 Å². The maximum atomic E-state index is 12.7. The summed E-state index contributed by atoms with van der Waals surface area (Å²) in [5.74, 6) is -0.374. The van der Waals surface area contributed by atoms with Crippen LogP contribution in [0.25, 0.3) is 0 Å². The van der Waals surface area contributed by atoms with Gasteiger partial charge in [0.2, 0.25) is 0 Å². The molecule has 7 heteroatoms. The van der Waals surface area contributed by atoms with Crippen molar-refractivity contribution in [3.63, 3.8) is 0 Å². The van der Waals surface area contributed by atoms with Crippen molar-refractivity contribution in [3.05, 3.63) is 34.3 Å². The van der Waals surface area contributed by atoms with Crippen LogP contribution in [0.15, 0.2) is 18.2 Å². The third kappa shape index (κ3) is 3.48. The van der Waals surface area contributed by atoms with Crippen molar-refractivity contribution in [1.29, 1.82) is 0 Å². The quantitative estimate of drug-likeness (QED) is 0.840. The monoisotopic (exact) mass is 288 g/mol. The van der Waals surface area contributed by atoms with Crippen molar-refractivity contribution in [2.75, 3.05) is 5.88 Å². The highest BCUT2D eigenvalue weighted by Gasteiger charge is 2.36. The minimum atomic E-state index is -4.66. The molecule has 0 aliphatic rings.